The molecule has 0 aliphatic rings. The van der Waals surface area contributed by atoms with E-state index in [9.17, 15) is 32.5 Å². The molecule has 0 spiro atoms. The average Bonchev–Trinajstić information content (AvgIpc) is 2.79. The first-order chi connectivity index (χ1) is 15.7. The molecule has 0 fully saturated rings. The lowest BCUT2D eigenvalue weighted by Gasteiger charge is -2.17. The van der Waals surface area contributed by atoms with Gasteiger partial charge in [-0.05, 0) is 35.9 Å². The van der Waals surface area contributed by atoms with Gasteiger partial charge in [-0.2, -0.15) is 17.6 Å². The number of hydrogen-bond acceptors (Lipinski definition) is 6. The molecular formula is C22H15F4NO6. The zero-order valence-corrected chi connectivity index (χ0v) is 16.6. The predicted molar refractivity (Wildman–Crippen MR) is 107 cm³/mol. The van der Waals surface area contributed by atoms with Crippen LogP contribution in [0.1, 0.15) is 15.9 Å². The van der Waals surface area contributed by atoms with Crippen LogP contribution < -0.4 is 9.47 Å². The molecule has 11 heteroatoms. The zero-order chi connectivity index (χ0) is 24.0. The van der Waals surface area contributed by atoms with Gasteiger partial charge in [0.2, 0.25) is 0 Å². The van der Waals surface area contributed by atoms with Crippen LogP contribution in [0.5, 0.6) is 17.2 Å². The molecule has 0 saturated carbocycles. The molecule has 0 N–H and O–H groups in total. The van der Waals surface area contributed by atoms with Crippen LogP contribution in [0.25, 0.3) is 0 Å². The average molecular weight is 465 g/mol. The number of nitro benzene ring substituents is 1. The largest absolute Gasteiger partial charge is 0.461 e. The van der Waals surface area contributed by atoms with Gasteiger partial charge >= 0.3 is 18.5 Å². The Bertz CT molecular complexity index is 1120. The van der Waals surface area contributed by atoms with Gasteiger partial charge in [0, 0.05) is 12.1 Å². The molecule has 3 rings (SSSR count). The monoisotopic (exact) mass is 465 g/mol. The van der Waals surface area contributed by atoms with Crippen molar-refractivity contribution < 1.29 is 41.5 Å². The minimum atomic E-state index is -4.66. The number of alkyl halides is 4. The van der Waals surface area contributed by atoms with Gasteiger partial charge in [0.15, 0.2) is 0 Å². The summed E-state index contributed by atoms with van der Waals surface area (Å²) in [5, 5.41) is 11.3. The minimum Gasteiger partial charge on any atom is -0.457 e. The molecule has 0 saturated heterocycles. The van der Waals surface area contributed by atoms with Crippen LogP contribution >= 0.6 is 0 Å². The van der Waals surface area contributed by atoms with Crippen LogP contribution in [0, 0.1) is 10.1 Å². The Morgan fingerprint density at radius 3 is 2.15 bits per heavy atom. The molecule has 7 nitrogen and oxygen atoms in total. The molecule has 0 atom stereocenters. The third-order valence-corrected chi connectivity index (χ3v) is 4.16. The van der Waals surface area contributed by atoms with Gasteiger partial charge in [-0.25, -0.2) is 4.79 Å². The molecule has 0 heterocycles. The van der Waals surface area contributed by atoms with Crippen LogP contribution in [-0.2, 0) is 11.3 Å². The van der Waals surface area contributed by atoms with Crippen molar-refractivity contribution in [3.05, 3.63) is 94.0 Å². The number of carbonyl (C=O) groups excluding carboxylic acids is 1. The number of rotatable bonds is 9. The van der Waals surface area contributed by atoms with Crippen LogP contribution in [0.4, 0.5) is 23.2 Å². The standard InChI is InChI=1S/C22H15F4NO6/c23-21(24)22(25,26)33-16-8-6-15(7-9-16)32-17-10-11-19(27(29)30)18(12-17)20(28)31-13-14-4-2-1-3-5-14/h1-12,21H,13H2. The van der Waals surface area contributed by atoms with E-state index in [1.54, 1.807) is 30.3 Å². The Morgan fingerprint density at radius 2 is 1.55 bits per heavy atom. The van der Waals surface area contributed by atoms with E-state index in [-0.39, 0.29) is 23.7 Å². The summed E-state index contributed by atoms with van der Waals surface area (Å²) in [7, 11) is 0. The Labute approximate surface area is 184 Å². The highest BCUT2D eigenvalue weighted by atomic mass is 19.3. The quantitative estimate of drug-likeness (QED) is 0.167. The number of nitro groups is 1. The number of nitrogens with zero attached hydrogens (tertiary/aromatic N) is 1. The second-order valence-electron chi connectivity index (χ2n) is 6.54. The molecule has 3 aromatic carbocycles. The maximum atomic E-state index is 13.0. The van der Waals surface area contributed by atoms with Gasteiger partial charge in [0.05, 0.1) is 4.92 Å². The first-order valence-electron chi connectivity index (χ1n) is 9.28. The summed E-state index contributed by atoms with van der Waals surface area (Å²) >= 11 is 0. The van der Waals surface area contributed by atoms with Crippen molar-refractivity contribution in [2.75, 3.05) is 0 Å². The molecule has 0 unspecified atom stereocenters. The van der Waals surface area contributed by atoms with E-state index in [0.29, 0.717) is 5.56 Å². The number of hydrogen-bond donors (Lipinski definition) is 0. The number of halogens is 4. The van der Waals surface area contributed by atoms with E-state index in [0.717, 1.165) is 36.4 Å². The van der Waals surface area contributed by atoms with E-state index in [1.165, 1.54) is 6.07 Å². The number of carbonyl (C=O) groups is 1. The van der Waals surface area contributed by atoms with Crippen molar-refractivity contribution in [3.8, 4) is 17.2 Å². The highest BCUT2D eigenvalue weighted by molar-refractivity contribution is 5.94. The summed E-state index contributed by atoms with van der Waals surface area (Å²) in [4.78, 5) is 23.0. The highest BCUT2D eigenvalue weighted by Gasteiger charge is 2.43. The second-order valence-corrected chi connectivity index (χ2v) is 6.54. The summed E-state index contributed by atoms with van der Waals surface area (Å²) in [5.41, 5.74) is -0.177. The summed E-state index contributed by atoms with van der Waals surface area (Å²) in [6.45, 7) is -0.105. The fourth-order valence-corrected chi connectivity index (χ4v) is 2.62. The second kappa shape index (κ2) is 9.98. The lowest BCUT2D eigenvalue weighted by molar-refractivity contribution is -0.385. The molecule has 0 aliphatic heterocycles. The Balaban J connectivity index is 1.74. The molecule has 33 heavy (non-hydrogen) atoms. The Morgan fingerprint density at radius 1 is 0.939 bits per heavy atom. The van der Waals surface area contributed by atoms with Crippen molar-refractivity contribution >= 4 is 11.7 Å². The van der Waals surface area contributed by atoms with Gasteiger partial charge in [-0.1, -0.05) is 30.3 Å². The Hall–Kier alpha value is -4.15. The van der Waals surface area contributed by atoms with Crippen molar-refractivity contribution in [1.29, 1.82) is 0 Å². The molecular weight excluding hydrogens is 450 g/mol. The summed E-state index contributed by atoms with van der Waals surface area (Å²) in [5.74, 6) is -1.39. The molecule has 172 valence electrons. The van der Waals surface area contributed by atoms with E-state index in [1.807, 2.05) is 0 Å². The molecule has 0 amide bonds. The highest BCUT2D eigenvalue weighted by Crippen LogP contribution is 2.31. The van der Waals surface area contributed by atoms with E-state index in [4.69, 9.17) is 9.47 Å². The SMILES string of the molecule is O=C(OCc1ccccc1)c1cc(Oc2ccc(OC(F)(F)C(F)F)cc2)ccc1[N+](=O)[O-]. The smallest absolute Gasteiger partial charge is 0.457 e. The predicted octanol–water partition coefficient (Wildman–Crippen LogP) is 5.98. The van der Waals surface area contributed by atoms with Gasteiger partial charge < -0.3 is 14.2 Å². The van der Waals surface area contributed by atoms with Gasteiger partial charge in [0.25, 0.3) is 5.69 Å². The van der Waals surface area contributed by atoms with Crippen LogP contribution in [-0.4, -0.2) is 23.4 Å². The summed E-state index contributed by atoms with van der Waals surface area (Å²) in [6, 6.07) is 16.3. The van der Waals surface area contributed by atoms with Crippen molar-refractivity contribution in [3.63, 3.8) is 0 Å². The zero-order valence-electron chi connectivity index (χ0n) is 16.6. The first-order valence-corrected chi connectivity index (χ1v) is 9.28. The van der Waals surface area contributed by atoms with Gasteiger partial charge in [-0.3, -0.25) is 10.1 Å². The van der Waals surface area contributed by atoms with Crippen molar-refractivity contribution in [2.45, 2.75) is 19.1 Å². The summed E-state index contributed by atoms with van der Waals surface area (Å²) in [6.07, 6.45) is -8.66. The third kappa shape index (κ3) is 6.19. The maximum Gasteiger partial charge on any atom is 0.461 e. The van der Waals surface area contributed by atoms with Gasteiger partial charge in [-0.15, -0.1) is 0 Å². The van der Waals surface area contributed by atoms with Crippen molar-refractivity contribution in [2.24, 2.45) is 0 Å². The maximum absolute atomic E-state index is 13.0. The molecule has 0 radical (unpaired) electrons. The van der Waals surface area contributed by atoms with Crippen LogP contribution in [0.15, 0.2) is 72.8 Å². The molecule has 0 aromatic heterocycles. The number of esters is 1. The lowest BCUT2D eigenvalue weighted by atomic mass is 10.1. The minimum absolute atomic E-state index is 0.0128. The van der Waals surface area contributed by atoms with E-state index in [2.05, 4.69) is 4.74 Å². The van der Waals surface area contributed by atoms with Gasteiger partial charge in [0.1, 0.15) is 29.4 Å². The summed E-state index contributed by atoms with van der Waals surface area (Å²) < 4.78 is 65.0. The fourth-order valence-electron chi connectivity index (χ4n) is 2.62. The molecule has 3 aromatic rings. The fraction of sp³-hybridized carbons (Fsp3) is 0.136. The van der Waals surface area contributed by atoms with Crippen molar-refractivity contribution in [1.82, 2.24) is 0 Å². The Kier molecular flexibility index (Phi) is 7.11. The van der Waals surface area contributed by atoms with Crippen LogP contribution in [0.2, 0.25) is 0 Å². The van der Waals surface area contributed by atoms with E-state index < -0.39 is 34.9 Å². The third-order valence-electron chi connectivity index (χ3n) is 4.16. The van der Waals surface area contributed by atoms with Crippen LogP contribution in [0.3, 0.4) is 0 Å². The number of ether oxygens (including phenoxy) is 3. The number of benzene rings is 3. The lowest BCUT2D eigenvalue weighted by Crippen LogP contribution is -2.33. The topological polar surface area (TPSA) is 87.9 Å². The van der Waals surface area contributed by atoms with E-state index >= 15 is 0 Å². The first kappa shape index (κ1) is 23.5. The normalized spacial score (nSPS) is 11.2. The molecule has 0 aliphatic carbocycles. The molecule has 0 bridgehead atoms.